The number of benzene rings is 2. The average Bonchev–Trinajstić information content (AvgIpc) is 3.08. The first-order valence-electron chi connectivity index (χ1n) is 8.14. The van der Waals surface area contributed by atoms with Gasteiger partial charge in [-0.2, -0.15) is 0 Å². The third kappa shape index (κ3) is 3.85. The number of carbonyl (C=O) groups is 1. The molecule has 0 atom stereocenters. The number of ether oxygens (including phenoxy) is 2. The quantitative estimate of drug-likeness (QED) is 0.707. The molecule has 1 heterocycles. The first-order chi connectivity index (χ1) is 12.6. The number of carboxylic acid groups (broad SMARTS) is 1. The van der Waals surface area contributed by atoms with Crippen molar-refractivity contribution in [3.63, 3.8) is 0 Å². The minimum Gasteiger partial charge on any atom is -0.493 e. The molecule has 2 aromatic carbocycles. The van der Waals surface area contributed by atoms with Crippen LogP contribution in [0.1, 0.15) is 27.3 Å². The van der Waals surface area contributed by atoms with Gasteiger partial charge in [0.05, 0.1) is 19.8 Å². The normalized spacial score (nSPS) is 10.5. The predicted molar refractivity (Wildman–Crippen MR) is 97.1 cm³/mol. The molecule has 1 N–H and O–H groups in total. The summed E-state index contributed by atoms with van der Waals surface area (Å²) in [4.78, 5) is 15.6. The summed E-state index contributed by atoms with van der Waals surface area (Å²) in [6.45, 7) is 0.559. The van der Waals surface area contributed by atoms with Crippen molar-refractivity contribution < 1.29 is 19.4 Å². The zero-order chi connectivity index (χ0) is 18.5. The van der Waals surface area contributed by atoms with E-state index in [1.54, 1.807) is 38.6 Å². The maximum atomic E-state index is 11.1. The molecule has 0 saturated heterocycles. The molecule has 0 aliphatic heterocycles. The van der Waals surface area contributed by atoms with Crippen LogP contribution in [-0.4, -0.2) is 34.8 Å². The maximum Gasteiger partial charge on any atom is 0.335 e. The van der Waals surface area contributed by atoms with Gasteiger partial charge in [-0.15, -0.1) is 0 Å². The monoisotopic (exact) mass is 352 g/mol. The highest BCUT2D eigenvalue weighted by Gasteiger charge is 2.10. The molecule has 0 spiro atoms. The number of hydrogen-bond acceptors (Lipinski definition) is 4. The lowest BCUT2D eigenvalue weighted by Crippen LogP contribution is -2.06. The molecule has 0 bridgehead atoms. The van der Waals surface area contributed by atoms with E-state index in [4.69, 9.17) is 14.6 Å². The average molecular weight is 352 g/mol. The molecular weight excluding hydrogens is 332 g/mol. The van der Waals surface area contributed by atoms with E-state index in [-0.39, 0.29) is 5.56 Å². The Hall–Kier alpha value is -3.28. The van der Waals surface area contributed by atoms with E-state index in [1.807, 2.05) is 35.0 Å². The fourth-order valence-electron chi connectivity index (χ4n) is 2.82. The summed E-state index contributed by atoms with van der Waals surface area (Å²) >= 11 is 0. The van der Waals surface area contributed by atoms with Gasteiger partial charge in [-0.25, -0.2) is 9.78 Å². The second kappa shape index (κ2) is 7.74. The minimum absolute atomic E-state index is 0.282. The maximum absolute atomic E-state index is 11.1. The predicted octanol–water partition coefficient (Wildman–Crippen LogP) is 3.24. The molecule has 0 unspecified atom stereocenters. The van der Waals surface area contributed by atoms with E-state index in [0.717, 1.165) is 17.0 Å². The Morgan fingerprint density at radius 2 is 1.88 bits per heavy atom. The van der Waals surface area contributed by atoms with E-state index < -0.39 is 5.97 Å². The third-order valence-corrected chi connectivity index (χ3v) is 4.14. The Morgan fingerprint density at radius 1 is 1.08 bits per heavy atom. The molecular formula is C20H20N2O4. The Bertz CT molecular complexity index is 918. The van der Waals surface area contributed by atoms with Gasteiger partial charge in [0.2, 0.25) is 0 Å². The standard InChI is InChI=1S/C20H20N2O4/c1-25-17-7-6-14(11-18(17)26-2)12-19-21-8-9-22(19)13-15-4-3-5-16(10-15)20(23)24/h3-11H,12-13H2,1-2H3,(H,23,24). The summed E-state index contributed by atoms with van der Waals surface area (Å²) in [6.07, 6.45) is 4.27. The van der Waals surface area contributed by atoms with E-state index in [0.29, 0.717) is 24.5 Å². The van der Waals surface area contributed by atoms with Crippen LogP contribution in [0.2, 0.25) is 0 Å². The van der Waals surface area contributed by atoms with Crippen LogP contribution in [0.3, 0.4) is 0 Å². The Morgan fingerprint density at radius 3 is 2.62 bits per heavy atom. The third-order valence-electron chi connectivity index (χ3n) is 4.14. The zero-order valence-corrected chi connectivity index (χ0v) is 14.7. The molecule has 1 aromatic heterocycles. The summed E-state index contributed by atoms with van der Waals surface area (Å²) in [5.41, 5.74) is 2.25. The van der Waals surface area contributed by atoms with Crippen LogP contribution in [0, 0.1) is 0 Å². The first-order valence-corrected chi connectivity index (χ1v) is 8.14. The van der Waals surface area contributed by atoms with E-state index in [9.17, 15) is 4.79 Å². The molecule has 6 nitrogen and oxygen atoms in total. The molecule has 3 rings (SSSR count). The van der Waals surface area contributed by atoms with Crippen molar-refractivity contribution in [3.8, 4) is 11.5 Å². The fourth-order valence-corrected chi connectivity index (χ4v) is 2.82. The van der Waals surface area contributed by atoms with Crippen LogP contribution in [0.25, 0.3) is 0 Å². The van der Waals surface area contributed by atoms with Gasteiger partial charge in [-0.1, -0.05) is 18.2 Å². The second-order valence-corrected chi connectivity index (χ2v) is 5.84. The van der Waals surface area contributed by atoms with Gasteiger partial charge >= 0.3 is 5.97 Å². The van der Waals surface area contributed by atoms with Crippen molar-refractivity contribution >= 4 is 5.97 Å². The van der Waals surface area contributed by atoms with Crippen LogP contribution in [0.4, 0.5) is 0 Å². The number of rotatable bonds is 7. The van der Waals surface area contributed by atoms with Crippen molar-refractivity contribution in [1.29, 1.82) is 0 Å². The number of nitrogens with zero attached hydrogens (tertiary/aromatic N) is 2. The number of carboxylic acids is 1. The van der Waals surface area contributed by atoms with Gasteiger partial charge in [0.25, 0.3) is 0 Å². The van der Waals surface area contributed by atoms with Gasteiger partial charge in [0, 0.05) is 25.4 Å². The summed E-state index contributed by atoms with van der Waals surface area (Å²) in [5, 5.41) is 9.14. The molecule has 0 fully saturated rings. The minimum atomic E-state index is -0.928. The molecule has 3 aromatic rings. The highest BCUT2D eigenvalue weighted by molar-refractivity contribution is 5.87. The summed E-state index contributed by atoms with van der Waals surface area (Å²) in [6, 6.07) is 12.7. The van der Waals surface area contributed by atoms with Gasteiger partial charge in [0.15, 0.2) is 11.5 Å². The van der Waals surface area contributed by atoms with Crippen molar-refractivity contribution in [2.24, 2.45) is 0 Å². The SMILES string of the molecule is COc1ccc(Cc2nccn2Cc2cccc(C(=O)O)c2)cc1OC. The Labute approximate surface area is 151 Å². The lowest BCUT2D eigenvalue weighted by molar-refractivity contribution is 0.0696. The smallest absolute Gasteiger partial charge is 0.335 e. The molecule has 0 aliphatic rings. The number of aromatic nitrogens is 2. The first kappa shape index (κ1) is 17.5. The highest BCUT2D eigenvalue weighted by Crippen LogP contribution is 2.28. The van der Waals surface area contributed by atoms with Crippen LogP contribution in [0.15, 0.2) is 54.9 Å². The molecule has 0 saturated carbocycles. The number of imidazole rings is 1. The molecule has 0 amide bonds. The van der Waals surface area contributed by atoms with Crippen LogP contribution >= 0.6 is 0 Å². The highest BCUT2D eigenvalue weighted by atomic mass is 16.5. The number of aromatic carboxylic acids is 1. The number of hydrogen-bond donors (Lipinski definition) is 1. The lowest BCUT2D eigenvalue weighted by Gasteiger charge is -2.11. The topological polar surface area (TPSA) is 73.6 Å². The summed E-state index contributed by atoms with van der Waals surface area (Å²) in [7, 11) is 3.22. The van der Waals surface area contributed by atoms with Crippen molar-refractivity contribution in [1.82, 2.24) is 9.55 Å². The van der Waals surface area contributed by atoms with Crippen LogP contribution in [0.5, 0.6) is 11.5 Å². The second-order valence-electron chi connectivity index (χ2n) is 5.84. The fraction of sp³-hybridized carbons (Fsp3) is 0.200. The Kier molecular flexibility index (Phi) is 5.22. The largest absolute Gasteiger partial charge is 0.493 e. The van der Waals surface area contributed by atoms with Gasteiger partial charge in [-0.3, -0.25) is 0 Å². The molecule has 134 valence electrons. The van der Waals surface area contributed by atoms with Gasteiger partial charge in [0.1, 0.15) is 5.82 Å². The Balaban J connectivity index is 1.81. The molecule has 0 radical (unpaired) electrons. The van der Waals surface area contributed by atoms with Crippen molar-refractivity contribution in [2.45, 2.75) is 13.0 Å². The lowest BCUT2D eigenvalue weighted by atomic mass is 10.1. The number of methoxy groups -OCH3 is 2. The summed E-state index contributed by atoms with van der Waals surface area (Å²) < 4.78 is 12.6. The molecule has 0 aliphatic carbocycles. The van der Waals surface area contributed by atoms with Crippen LogP contribution < -0.4 is 9.47 Å². The van der Waals surface area contributed by atoms with Crippen molar-refractivity contribution in [3.05, 3.63) is 77.4 Å². The molecule has 26 heavy (non-hydrogen) atoms. The van der Waals surface area contributed by atoms with E-state index in [2.05, 4.69) is 4.98 Å². The van der Waals surface area contributed by atoms with E-state index in [1.165, 1.54) is 0 Å². The molecule has 6 heteroatoms. The zero-order valence-electron chi connectivity index (χ0n) is 14.7. The van der Waals surface area contributed by atoms with Crippen LogP contribution in [-0.2, 0) is 13.0 Å². The van der Waals surface area contributed by atoms with Gasteiger partial charge in [-0.05, 0) is 35.4 Å². The van der Waals surface area contributed by atoms with Gasteiger partial charge < -0.3 is 19.1 Å². The summed E-state index contributed by atoms with van der Waals surface area (Å²) in [5.74, 6) is 1.32. The van der Waals surface area contributed by atoms with E-state index >= 15 is 0 Å². The van der Waals surface area contributed by atoms with Crippen molar-refractivity contribution in [2.75, 3.05) is 14.2 Å².